The van der Waals surface area contributed by atoms with Crippen LogP contribution in [-0.2, 0) is 15.8 Å². The van der Waals surface area contributed by atoms with Crippen molar-refractivity contribution in [2.24, 2.45) is 5.41 Å². The van der Waals surface area contributed by atoms with Gasteiger partial charge in [0.05, 0.1) is 5.75 Å². The molecule has 0 spiro atoms. The average molecular weight is 281 g/mol. The van der Waals surface area contributed by atoms with Gasteiger partial charge in [0.25, 0.3) is 0 Å². The predicted molar refractivity (Wildman–Crippen MR) is 78.4 cm³/mol. The van der Waals surface area contributed by atoms with Crippen LogP contribution in [-0.4, -0.2) is 25.8 Å². The van der Waals surface area contributed by atoms with E-state index in [9.17, 15) is 8.42 Å². The molecule has 0 unspecified atom stereocenters. The molecule has 3 nitrogen and oxygen atoms in total. The van der Waals surface area contributed by atoms with E-state index in [1.807, 2.05) is 31.2 Å². The molecule has 1 fully saturated rings. The Kier molecular flexibility index (Phi) is 4.02. The van der Waals surface area contributed by atoms with Gasteiger partial charge in [0.15, 0.2) is 0 Å². The molecule has 0 aromatic heterocycles. The molecular formula is C15H23NO2S. The molecular weight excluding hydrogens is 258 g/mol. The first-order valence-corrected chi connectivity index (χ1v) is 8.43. The average Bonchev–Trinajstić information content (AvgIpc) is 2.31. The van der Waals surface area contributed by atoms with E-state index in [4.69, 9.17) is 0 Å². The summed E-state index contributed by atoms with van der Waals surface area (Å²) >= 11 is 0. The van der Waals surface area contributed by atoms with Crippen molar-refractivity contribution in [1.29, 1.82) is 0 Å². The van der Waals surface area contributed by atoms with Gasteiger partial charge in [-0.15, -0.1) is 0 Å². The van der Waals surface area contributed by atoms with E-state index < -0.39 is 10.0 Å². The fourth-order valence-electron chi connectivity index (χ4n) is 2.43. The van der Waals surface area contributed by atoms with E-state index in [1.54, 1.807) is 4.31 Å². The SMILES string of the molecule is Cc1ccccc1CS(=O)(=O)N1CCC(C)(C)CC1. The van der Waals surface area contributed by atoms with E-state index in [0.717, 1.165) is 24.0 Å². The van der Waals surface area contributed by atoms with Crippen LogP contribution in [0.1, 0.15) is 37.8 Å². The Labute approximate surface area is 116 Å². The van der Waals surface area contributed by atoms with Crippen molar-refractivity contribution >= 4 is 10.0 Å². The van der Waals surface area contributed by atoms with Gasteiger partial charge in [0.1, 0.15) is 0 Å². The lowest BCUT2D eigenvalue weighted by Crippen LogP contribution is -2.41. The van der Waals surface area contributed by atoms with Crippen molar-refractivity contribution < 1.29 is 8.42 Å². The van der Waals surface area contributed by atoms with Gasteiger partial charge in [-0.25, -0.2) is 12.7 Å². The number of benzene rings is 1. The van der Waals surface area contributed by atoms with Crippen molar-refractivity contribution in [3.63, 3.8) is 0 Å². The normalized spacial score (nSPS) is 20.4. The molecule has 19 heavy (non-hydrogen) atoms. The second-order valence-electron chi connectivity index (χ2n) is 6.25. The monoisotopic (exact) mass is 281 g/mol. The number of hydrogen-bond donors (Lipinski definition) is 0. The topological polar surface area (TPSA) is 37.4 Å². The standard InChI is InChI=1S/C15H23NO2S/c1-13-6-4-5-7-14(13)12-19(17,18)16-10-8-15(2,3)9-11-16/h4-7H,8-12H2,1-3H3. The summed E-state index contributed by atoms with van der Waals surface area (Å²) in [5, 5.41) is 0. The Morgan fingerprint density at radius 3 is 2.32 bits per heavy atom. The maximum absolute atomic E-state index is 12.4. The van der Waals surface area contributed by atoms with Crippen LogP contribution >= 0.6 is 0 Å². The van der Waals surface area contributed by atoms with Gasteiger partial charge in [-0.1, -0.05) is 38.1 Å². The van der Waals surface area contributed by atoms with Crippen molar-refractivity contribution in [3.8, 4) is 0 Å². The van der Waals surface area contributed by atoms with Gasteiger partial charge in [-0.3, -0.25) is 0 Å². The minimum Gasteiger partial charge on any atom is -0.212 e. The van der Waals surface area contributed by atoms with E-state index in [-0.39, 0.29) is 11.2 Å². The summed E-state index contributed by atoms with van der Waals surface area (Å²) in [5.41, 5.74) is 2.23. The Morgan fingerprint density at radius 1 is 1.16 bits per heavy atom. The largest absolute Gasteiger partial charge is 0.218 e. The first kappa shape index (κ1) is 14.5. The number of nitrogens with zero attached hydrogens (tertiary/aromatic N) is 1. The van der Waals surface area contributed by atoms with Crippen LogP contribution in [0.5, 0.6) is 0 Å². The van der Waals surface area contributed by atoms with Gasteiger partial charge in [0.2, 0.25) is 10.0 Å². The number of aryl methyl sites for hydroxylation is 1. The summed E-state index contributed by atoms with van der Waals surface area (Å²) in [6, 6.07) is 7.71. The second kappa shape index (κ2) is 5.25. The fourth-order valence-corrected chi connectivity index (χ4v) is 4.07. The minimum atomic E-state index is -3.18. The third-order valence-corrected chi connectivity index (χ3v) is 5.90. The van der Waals surface area contributed by atoms with Crippen LogP contribution in [0.25, 0.3) is 0 Å². The molecule has 106 valence electrons. The quantitative estimate of drug-likeness (QED) is 0.854. The summed E-state index contributed by atoms with van der Waals surface area (Å²) in [4.78, 5) is 0. The molecule has 0 N–H and O–H groups in total. The maximum atomic E-state index is 12.4. The highest BCUT2D eigenvalue weighted by Gasteiger charge is 2.31. The first-order chi connectivity index (χ1) is 8.80. The van der Waals surface area contributed by atoms with Gasteiger partial charge >= 0.3 is 0 Å². The van der Waals surface area contributed by atoms with E-state index in [0.29, 0.717) is 13.1 Å². The maximum Gasteiger partial charge on any atom is 0.218 e. The Balaban J connectivity index is 2.10. The Morgan fingerprint density at radius 2 is 1.74 bits per heavy atom. The molecule has 1 aromatic carbocycles. The van der Waals surface area contributed by atoms with Crippen LogP contribution in [0.4, 0.5) is 0 Å². The van der Waals surface area contributed by atoms with E-state index >= 15 is 0 Å². The Bertz CT molecular complexity index is 539. The van der Waals surface area contributed by atoms with Crippen LogP contribution < -0.4 is 0 Å². The summed E-state index contributed by atoms with van der Waals surface area (Å²) in [5.74, 6) is 0.125. The Hall–Kier alpha value is -0.870. The van der Waals surface area contributed by atoms with Crippen molar-refractivity contribution in [2.75, 3.05) is 13.1 Å². The van der Waals surface area contributed by atoms with Crippen LogP contribution in [0.3, 0.4) is 0 Å². The summed E-state index contributed by atoms with van der Waals surface area (Å²) < 4.78 is 26.5. The molecule has 0 bridgehead atoms. The predicted octanol–water partition coefficient (Wildman–Crippen LogP) is 2.95. The van der Waals surface area contributed by atoms with Crippen molar-refractivity contribution in [1.82, 2.24) is 4.31 Å². The van der Waals surface area contributed by atoms with Crippen molar-refractivity contribution in [3.05, 3.63) is 35.4 Å². The zero-order valence-electron chi connectivity index (χ0n) is 12.0. The van der Waals surface area contributed by atoms with E-state index in [1.165, 1.54) is 0 Å². The highest BCUT2D eigenvalue weighted by Crippen LogP contribution is 2.31. The third-order valence-electron chi connectivity index (χ3n) is 4.07. The molecule has 0 aliphatic carbocycles. The molecule has 0 atom stereocenters. The van der Waals surface area contributed by atoms with Gasteiger partial charge in [-0.05, 0) is 36.3 Å². The first-order valence-electron chi connectivity index (χ1n) is 6.83. The van der Waals surface area contributed by atoms with Gasteiger partial charge in [-0.2, -0.15) is 0 Å². The molecule has 1 saturated heterocycles. The smallest absolute Gasteiger partial charge is 0.212 e. The molecule has 1 heterocycles. The molecule has 0 amide bonds. The van der Waals surface area contributed by atoms with Gasteiger partial charge < -0.3 is 0 Å². The lowest BCUT2D eigenvalue weighted by atomic mass is 9.83. The number of piperidine rings is 1. The summed E-state index contributed by atoms with van der Waals surface area (Å²) in [6.45, 7) is 7.68. The highest BCUT2D eigenvalue weighted by molar-refractivity contribution is 7.88. The highest BCUT2D eigenvalue weighted by atomic mass is 32.2. The third kappa shape index (κ3) is 3.57. The summed E-state index contributed by atoms with van der Waals surface area (Å²) in [6.07, 6.45) is 1.89. The molecule has 1 aliphatic heterocycles. The van der Waals surface area contributed by atoms with E-state index in [2.05, 4.69) is 13.8 Å². The number of sulfonamides is 1. The molecule has 4 heteroatoms. The molecule has 0 radical (unpaired) electrons. The lowest BCUT2D eigenvalue weighted by molar-refractivity contribution is 0.195. The van der Waals surface area contributed by atoms with Crippen molar-refractivity contribution in [2.45, 2.75) is 39.4 Å². The zero-order valence-corrected chi connectivity index (χ0v) is 12.8. The zero-order chi connectivity index (χ0) is 14.1. The number of hydrogen-bond acceptors (Lipinski definition) is 2. The number of rotatable bonds is 3. The van der Waals surface area contributed by atoms with Crippen LogP contribution in [0.15, 0.2) is 24.3 Å². The summed E-state index contributed by atoms with van der Waals surface area (Å²) in [7, 11) is -3.18. The molecule has 1 aliphatic rings. The molecule has 2 rings (SSSR count). The second-order valence-corrected chi connectivity index (χ2v) is 8.21. The molecule has 1 aromatic rings. The lowest BCUT2D eigenvalue weighted by Gasteiger charge is -2.36. The minimum absolute atomic E-state index is 0.125. The van der Waals surface area contributed by atoms with Crippen LogP contribution in [0, 0.1) is 12.3 Å². The van der Waals surface area contributed by atoms with Gasteiger partial charge in [0, 0.05) is 13.1 Å². The fraction of sp³-hybridized carbons (Fsp3) is 0.600. The molecule has 0 saturated carbocycles. The van der Waals surface area contributed by atoms with Crippen LogP contribution in [0.2, 0.25) is 0 Å².